The first-order valence-electron chi connectivity index (χ1n) is 6.29. The van der Waals surface area contributed by atoms with Gasteiger partial charge in [0.1, 0.15) is 6.04 Å². The van der Waals surface area contributed by atoms with Gasteiger partial charge < -0.3 is 10.0 Å². The minimum absolute atomic E-state index is 0.0568. The third-order valence-corrected chi connectivity index (χ3v) is 4.45. The van der Waals surface area contributed by atoms with Gasteiger partial charge in [-0.25, -0.2) is 0 Å². The van der Waals surface area contributed by atoms with E-state index >= 15 is 0 Å². The molecule has 1 aliphatic heterocycles. The number of carboxylic acids is 1. The predicted octanol–water partition coefficient (Wildman–Crippen LogP) is 1.29. The zero-order valence-electron chi connectivity index (χ0n) is 11.1. The van der Waals surface area contributed by atoms with Crippen molar-refractivity contribution in [2.24, 2.45) is 0 Å². The molecule has 0 aromatic carbocycles. The van der Waals surface area contributed by atoms with Gasteiger partial charge in [0.05, 0.1) is 5.56 Å². The van der Waals surface area contributed by atoms with E-state index in [9.17, 15) is 9.59 Å². The molecule has 1 fully saturated rings. The van der Waals surface area contributed by atoms with Crippen LogP contribution in [0.25, 0.3) is 0 Å². The van der Waals surface area contributed by atoms with E-state index in [1.165, 1.54) is 11.3 Å². The van der Waals surface area contributed by atoms with Gasteiger partial charge in [-0.15, -0.1) is 0 Å². The maximum atomic E-state index is 12.3. The van der Waals surface area contributed by atoms with E-state index in [2.05, 4.69) is 0 Å². The number of aliphatic carboxylic acids is 1. The zero-order chi connectivity index (χ0) is 14.0. The van der Waals surface area contributed by atoms with Gasteiger partial charge in [-0.1, -0.05) is 0 Å². The van der Waals surface area contributed by atoms with Gasteiger partial charge in [-0.05, 0) is 24.8 Å². The number of carboxylic acid groups (broad SMARTS) is 1. The Balaban J connectivity index is 1.95. The molecular weight excluding hydrogens is 264 g/mol. The molecule has 6 heteroatoms. The van der Waals surface area contributed by atoms with Crippen molar-refractivity contribution in [1.29, 1.82) is 0 Å². The van der Waals surface area contributed by atoms with Crippen LogP contribution < -0.4 is 0 Å². The summed E-state index contributed by atoms with van der Waals surface area (Å²) >= 11 is 1.53. The third-order valence-electron chi connectivity index (χ3n) is 3.59. The highest BCUT2D eigenvalue weighted by molar-refractivity contribution is 7.08. The fraction of sp³-hybridized carbons (Fsp3) is 0.538. The first-order valence-corrected chi connectivity index (χ1v) is 7.24. The minimum atomic E-state index is -0.812. The number of hydrogen-bond donors (Lipinski definition) is 1. The summed E-state index contributed by atoms with van der Waals surface area (Å²) < 4.78 is 0. The summed E-state index contributed by atoms with van der Waals surface area (Å²) in [6.07, 6.45) is 0. The second-order valence-electron chi connectivity index (χ2n) is 4.81. The third kappa shape index (κ3) is 2.96. The SMILES string of the molecule is Cc1cscc1C(=O)N1CCN(C(C)C(=O)O)CC1. The molecule has 1 atom stereocenters. The molecule has 0 bridgehead atoms. The van der Waals surface area contributed by atoms with Gasteiger partial charge in [0, 0.05) is 31.6 Å². The highest BCUT2D eigenvalue weighted by Crippen LogP contribution is 2.17. The molecule has 1 unspecified atom stereocenters. The van der Waals surface area contributed by atoms with E-state index in [0.29, 0.717) is 26.2 Å². The van der Waals surface area contributed by atoms with Crippen molar-refractivity contribution in [2.45, 2.75) is 19.9 Å². The summed E-state index contributed by atoms with van der Waals surface area (Å²) in [5.41, 5.74) is 1.78. The molecule has 1 N–H and O–H groups in total. The molecule has 19 heavy (non-hydrogen) atoms. The number of carbonyl (C=O) groups is 2. The number of aryl methyl sites for hydroxylation is 1. The van der Waals surface area contributed by atoms with Crippen molar-refractivity contribution in [3.05, 3.63) is 21.9 Å². The Morgan fingerprint density at radius 3 is 2.37 bits per heavy atom. The number of amides is 1. The van der Waals surface area contributed by atoms with Crippen LogP contribution in [0.2, 0.25) is 0 Å². The van der Waals surface area contributed by atoms with E-state index in [1.807, 2.05) is 22.6 Å². The summed E-state index contributed by atoms with van der Waals surface area (Å²) in [5.74, 6) is -0.755. The molecule has 1 aromatic heterocycles. The molecule has 104 valence electrons. The number of rotatable bonds is 3. The van der Waals surface area contributed by atoms with Crippen LogP contribution in [0.4, 0.5) is 0 Å². The smallest absolute Gasteiger partial charge is 0.320 e. The summed E-state index contributed by atoms with van der Waals surface area (Å²) in [7, 11) is 0. The van der Waals surface area contributed by atoms with Crippen LogP contribution in [0.3, 0.4) is 0 Å². The zero-order valence-corrected chi connectivity index (χ0v) is 11.9. The van der Waals surface area contributed by atoms with Crippen LogP contribution in [0.1, 0.15) is 22.8 Å². The molecule has 0 aliphatic carbocycles. The molecule has 2 heterocycles. The Kier molecular flexibility index (Phi) is 4.21. The number of nitrogens with zero attached hydrogens (tertiary/aromatic N) is 2. The monoisotopic (exact) mass is 282 g/mol. The van der Waals surface area contributed by atoms with Crippen molar-refractivity contribution < 1.29 is 14.7 Å². The van der Waals surface area contributed by atoms with Crippen molar-refractivity contribution in [3.63, 3.8) is 0 Å². The van der Waals surface area contributed by atoms with Crippen LogP contribution in [-0.2, 0) is 4.79 Å². The molecule has 2 rings (SSSR count). The first kappa shape index (κ1) is 14.0. The highest BCUT2D eigenvalue weighted by Gasteiger charge is 2.28. The maximum absolute atomic E-state index is 12.3. The second-order valence-corrected chi connectivity index (χ2v) is 5.55. The Bertz CT molecular complexity index is 478. The normalized spacial score (nSPS) is 18.3. The molecule has 1 saturated heterocycles. The second kappa shape index (κ2) is 5.71. The van der Waals surface area contributed by atoms with Crippen LogP contribution in [-0.4, -0.2) is 59.0 Å². The molecule has 0 radical (unpaired) electrons. The largest absolute Gasteiger partial charge is 0.480 e. The number of thiophene rings is 1. The van der Waals surface area contributed by atoms with Crippen molar-refractivity contribution >= 4 is 23.2 Å². The van der Waals surface area contributed by atoms with Crippen LogP contribution in [0.15, 0.2) is 10.8 Å². The van der Waals surface area contributed by atoms with E-state index in [-0.39, 0.29) is 5.91 Å². The standard InChI is InChI=1S/C13H18N2O3S/c1-9-7-19-8-11(9)12(16)15-5-3-14(4-6-15)10(2)13(17)18/h7-8,10H,3-6H2,1-2H3,(H,17,18). The summed E-state index contributed by atoms with van der Waals surface area (Å²) in [5, 5.41) is 12.8. The Hall–Kier alpha value is -1.40. The summed E-state index contributed by atoms with van der Waals surface area (Å²) in [6.45, 7) is 6.03. The van der Waals surface area contributed by atoms with E-state index in [0.717, 1.165) is 11.1 Å². The fourth-order valence-corrected chi connectivity index (χ4v) is 3.04. The van der Waals surface area contributed by atoms with E-state index in [4.69, 9.17) is 5.11 Å². The fourth-order valence-electron chi connectivity index (χ4n) is 2.22. The lowest BCUT2D eigenvalue weighted by Crippen LogP contribution is -2.53. The average molecular weight is 282 g/mol. The minimum Gasteiger partial charge on any atom is -0.480 e. The molecular formula is C13H18N2O3S. The Labute approximate surface area is 116 Å². The van der Waals surface area contributed by atoms with Crippen molar-refractivity contribution in [1.82, 2.24) is 9.80 Å². The summed E-state index contributed by atoms with van der Waals surface area (Å²) in [4.78, 5) is 26.9. The molecule has 5 nitrogen and oxygen atoms in total. The highest BCUT2D eigenvalue weighted by atomic mass is 32.1. The number of carbonyl (C=O) groups excluding carboxylic acids is 1. The molecule has 1 amide bonds. The van der Waals surface area contributed by atoms with Gasteiger partial charge in [-0.2, -0.15) is 11.3 Å². The first-order chi connectivity index (χ1) is 9.00. The van der Waals surface area contributed by atoms with Crippen LogP contribution >= 0.6 is 11.3 Å². The average Bonchev–Trinajstić information content (AvgIpc) is 2.83. The lowest BCUT2D eigenvalue weighted by atomic mass is 10.1. The van der Waals surface area contributed by atoms with Gasteiger partial charge in [0.25, 0.3) is 5.91 Å². The molecule has 0 saturated carbocycles. The number of hydrogen-bond acceptors (Lipinski definition) is 4. The summed E-state index contributed by atoms with van der Waals surface area (Å²) in [6, 6.07) is -0.486. The van der Waals surface area contributed by atoms with Gasteiger partial charge >= 0.3 is 5.97 Å². The van der Waals surface area contributed by atoms with Crippen molar-refractivity contribution in [2.75, 3.05) is 26.2 Å². The predicted molar refractivity (Wildman–Crippen MR) is 73.6 cm³/mol. The van der Waals surface area contributed by atoms with E-state index in [1.54, 1.807) is 11.8 Å². The maximum Gasteiger partial charge on any atom is 0.320 e. The molecule has 1 aromatic rings. The van der Waals surface area contributed by atoms with Gasteiger partial charge in [-0.3, -0.25) is 14.5 Å². The van der Waals surface area contributed by atoms with Crippen LogP contribution in [0.5, 0.6) is 0 Å². The topological polar surface area (TPSA) is 60.9 Å². The van der Waals surface area contributed by atoms with E-state index < -0.39 is 12.0 Å². The Morgan fingerprint density at radius 2 is 1.89 bits per heavy atom. The quantitative estimate of drug-likeness (QED) is 0.907. The molecule has 1 aliphatic rings. The number of piperazine rings is 1. The van der Waals surface area contributed by atoms with Crippen LogP contribution in [0, 0.1) is 6.92 Å². The lowest BCUT2D eigenvalue weighted by molar-refractivity contribution is -0.143. The van der Waals surface area contributed by atoms with Gasteiger partial charge in [0.2, 0.25) is 0 Å². The van der Waals surface area contributed by atoms with Gasteiger partial charge in [0.15, 0.2) is 0 Å². The Morgan fingerprint density at radius 1 is 1.26 bits per heavy atom. The van der Waals surface area contributed by atoms with Crippen molar-refractivity contribution in [3.8, 4) is 0 Å². The lowest BCUT2D eigenvalue weighted by Gasteiger charge is -2.36. The molecule has 0 spiro atoms.